The van der Waals surface area contributed by atoms with Gasteiger partial charge in [-0.2, -0.15) is 5.10 Å². The van der Waals surface area contributed by atoms with Crippen LogP contribution in [0.3, 0.4) is 0 Å². The van der Waals surface area contributed by atoms with Crippen LogP contribution in [-0.4, -0.2) is 59.1 Å². The summed E-state index contributed by atoms with van der Waals surface area (Å²) in [6, 6.07) is 16.9. The lowest BCUT2D eigenvalue weighted by atomic mass is 10.2. The fourth-order valence-electron chi connectivity index (χ4n) is 3.45. The Kier molecular flexibility index (Phi) is 6.87. The first kappa shape index (κ1) is 22.2. The van der Waals surface area contributed by atoms with Crippen LogP contribution >= 0.6 is 0 Å². The van der Waals surface area contributed by atoms with E-state index in [9.17, 15) is 9.59 Å². The average Bonchev–Trinajstić information content (AvgIpc) is 3.02. The standard InChI is InChI=1S/C24H29N5O2/c1-17-22(18(2)29(26-17)21-9-7-6-8-10-21)15-28(5)16-23(30)25-20-13-11-19(12-14-20)24(31)27(3)4/h6-14H,15-16H2,1-5H3,(H,25,30). The number of hydrogen-bond donors (Lipinski definition) is 1. The highest BCUT2D eigenvalue weighted by molar-refractivity contribution is 5.96. The molecule has 3 rings (SSSR count). The largest absolute Gasteiger partial charge is 0.345 e. The second-order valence-corrected chi connectivity index (χ2v) is 7.89. The maximum Gasteiger partial charge on any atom is 0.253 e. The fraction of sp³-hybridized carbons (Fsp3) is 0.292. The topological polar surface area (TPSA) is 70.5 Å². The maximum atomic E-state index is 12.5. The van der Waals surface area contributed by atoms with Gasteiger partial charge in [-0.15, -0.1) is 0 Å². The van der Waals surface area contributed by atoms with Crippen molar-refractivity contribution in [2.24, 2.45) is 0 Å². The number of carbonyl (C=O) groups is 2. The molecular formula is C24H29N5O2. The first-order chi connectivity index (χ1) is 14.8. The summed E-state index contributed by atoms with van der Waals surface area (Å²) in [7, 11) is 5.33. The number of para-hydroxylation sites is 1. The van der Waals surface area contributed by atoms with Crippen molar-refractivity contribution in [1.29, 1.82) is 0 Å². The molecule has 7 nitrogen and oxygen atoms in total. The number of carbonyl (C=O) groups excluding carboxylic acids is 2. The third-order valence-electron chi connectivity index (χ3n) is 5.11. The second kappa shape index (κ2) is 9.57. The minimum absolute atomic E-state index is 0.0700. The van der Waals surface area contributed by atoms with Crippen LogP contribution in [0.2, 0.25) is 0 Å². The molecule has 3 aromatic rings. The van der Waals surface area contributed by atoms with Crippen molar-refractivity contribution in [3.05, 3.63) is 77.1 Å². The zero-order valence-corrected chi connectivity index (χ0v) is 18.7. The van der Waals surface area contributed by atoms with Crippen molar-refractivity contribution in [3.8, 4) is 5.69 Å². The van der Waals surface area contributed by atoms with Crippen molar-refractivity contribution in [2.45, 2.75) is 20.4 Å². The number of nitrogens with zero attached hydrogens (tertiary/aromatic N) is 4. The van der Waals surface area contributed by atoms with Crippen molar-refractivity contribution in [2.75, 3.05) is 33.0 Å². The van der Waals surface area contributed by atoms with E-state index < -0.39 is 0 Å². The summed E-state index contributed by atoms with van der Waals surface area (Å²) in [5, 5.41) is 7.56. The number of aryl methyl sites for hydroxylation is 1. The van der Waals surface area contributed by atoms with Gasteiger partial charge in [0.05, 0.1) is 17.9 Å². The zero-order chi connectivity index (χ0) is 22.5. The van der Waals surface area contributed by atoms with E-state index in [4.69, 9.17) is 0 Å². The van der Waals surface area contributed by atoms with Crippen LogP contribution in [0.15, 0.2) is 54.6 Å². The molecule has 7 heteroatoms. The van der Waals surface area contributed by atoms with Crippen LogP contribution in [0.4, 0.5) is 5.69 Å². The van der Waals surface area contributed by atoms with Gasteiger partial charge in [0.1, 0.15) is 0 Å². The number of likely N-dealkylation sites (N-methyl/N-ethyl adjacent to an activating group) is 1. The molecule has 1 N–H and O–H groups in total. The average molecular weight is 420 g/mol. The summed E-state index contributed by atoms with van der Waals surface area (Å²) >= 11 is 0. The fourth-order valence-corrected chi connectivity index (χ4v) is 3.45. The van der Waals surface area contributed by atoms with Gasteiger partial charge in [-0.25, -0.2) is 4.68 Å². The monoisotopic (exact) mass is 419 g/mol. The van der Waals surface area contributed by atoms with Gasteiger partial charge in [0.2, 0.25) is 5.91 Å². The van der Waals surface area contributed by atoms with Gasteiger partial charge in [-0.1, -0.05) is 18.2 Å². The lowest BCUT2D eigenvalue weighted by molar-refractivity contribution is -0.117. The van der Waals surface area contributed by atoms with E-state index in [1.807, 2.05) is 60.8 Å². The molecule has 1 aromatic heterocycles. The van der Waals surface area contributed by atoms with Crippen molar-refractivity contribution in [3.63, 3.8) is 0 Å². The molecule has 0 fully saturated rings. The van der Waals surface area contributed by atoms with Gasteiger partial charge in [0, 0.05) is 43.1 Å². The summed E-state index contributed by atoms with van der Waals surface area (Å²) in [5.41, 5.74) is 5.41. The number of benzene rings is 2. The molecule has 0 bridgehead atoms. The second-order valence-electron chi connectivity index (χ2n) is 7.89. The minimum Gasteiger partial charge on any atom is -0.345 e. The highest BCUT2D eigenvalue weighted by atomic mass is 16.2. The predicted molar refractivity (Wildman–Crippen MR) is 122 cm³/mol. The highest BCUT2D eigenvalue weighted by Crippen LogP contribution is 2.19. The molecule has 0 saturated carbocycles. The molecule has 0 radical (unpaired) electrons. The van der Waals surface area contributed by atoms with E-state index in [0.29, 0.717) is 17.8 Å². The van der Waals surface area contributed by atoms with E-state index in [1.54, 1.807) is 38.4 Å². The van der Waals surface area contributed by atoms with Gasteiger partial charge in [-0.3, -0.25) is 14.5 Å². The van der Waals surface area contributed by atoms with Gasteiger partial charge >= 0.3 is 0 Å². The Morgan fingerprint density at radius 1 is 0.968 bits per heavy atom. The molecule has 0 atom stereocenters. The Labute approximate surface area is 183 Å². The summed E-state index contributed by atoms with van der Waals surface area (Å²) < 4.78 is 1.94. The molecule has 31 heavy (non-hydrogen) atoms. The lowest BCUT2D eigenvalue weighted by Crippen LogP contribution is -2.30. The number of anilines is 1. The molecule has 0 aliphatic rings. The molecule has 0 saturated heterocycles. The number of nitrogens with one attached hydrogen (secondary N) is 1. The molecule has 2 amide bonds. The van der Waals surface area contributed by atoms with E-state index in [0.717, 1.165) is 22.6 Å². The van der Waals surface area contributed by atoms with Crippen LogP contribution < -0.4 is 5.32 Å². The van der Waals surface area contributed by atoms with Gasteiger partial charge in [0.15, 0.2) is 0 Å². The SMILES string of the molecule is Cc1nn(-c2ccccc2)c(C)c1CN(C)CC(=O)Nc1ccc(C(=O)N(C)C)cc1. The van der Waals surface area contributed by atoms with Crippen LogP contribution in [0.25, 0.3) is 5.69 Å². The normalized spacial score (nSPS) is 10.9. The van der Waals surface area contributed by atoms with Gasteiger partial charge in [0.25, 0.3) is 5.91 Å². The van der Waals surface area contributed by atoms with Crippen molar-refractivity contribution in [1.82, 2.24) is 19.6 Å². The number of aromatic nitrogens is 2. The molecule has 0 spiro atoms. The number of rotatable bonds is 7. The quantitative estimate of drug-likeness (QED) is 0.638. The lowest BCUT2D eigenvalue weighted by Gasteiger charge is -2.17. The van der Waals surface area contributed by atoms with Crippen molar-refractivity contribution < 1.29 is 9.59 Å². The summed E-state index contributed by atoms with van der Waals surface area (Å²) in [6.45, 7) is 4.90. The van der Waals surface area contributed by atoms with Crippen LogP contribution in [0, 0.1) is 13.8 Å². The molecule has 0 aliphatic heterocycles. The van der Waals surface area contributed by atoms with Gasteiger partial charge in [-0.05, 0) is 57.3 Å². The van der Waals surface area contributed by atoms with Crippen LogP contribution in [0.5, 0.6) is 0 Å². The van der Waals surface area contributed by atoms with Crippen LogP contribution in [0.1, 0.15) is 27.3 Å². The van der Waals surface area contributed by atoms with E-state index in [-0.39, 0.29) is 18.4 Å². The van der Waals surface area contributed by atoms with E-state index in [1.165, 1.54) is 4.90 Å². The Bertz CT molecular complexity index is 1060. The van der Waals surface area contributed by atoms with Crippen molar-refractivity contribution >= 4 is 17.5 Å². The number of hydrogen-bond acceptors (Lipinski definition) is 4. The number of amides is 2. The highest BCUT2D eigenvalue weighted by Gasteiger charge is 2.16. The third kappa shape index (κ3) is 5.38. The first-order valence-electron chi connectivity index (χ1n) is 10.2. The predicted octanol–water partition coefficient (Wildman–Crippen LogP) is 3.26. The van der Waals surface area contributed by atoms with E-state index in [2.05, 4.69) is 10.4 Å². The van der Waals surface area contributed by atoms with E-state index >= 15 is 0 Å². The van der Waals surface area contributed by atoms with Crippen LogP contribution in [-0.2, 0) is 11.3 Å². The zero-order valence-electron chi connectivity index (χ0n) is 18.7. The maximum absolute atomic E-state index is 12.5. The molecule has 0 unspecified atom stereocenters. The summed E-state index contributed by atoms with van der Waals surface area (Å²) in [4.78, 5) is 27.9. The summed E-state index contributed by atoms with van der Waals surface area (Å²) in [5.74, 6) is -0.181. The minimum atomic E-state index is -0.111. The third-order valence-corrected chi connectivity index (χ3v) is 5.11. The smallest absolute Gasteiger partial charge is 0.253 e. The Morgan fingerprint density at radius 3 is 2.23 bits per heavy atom. The Morgan fingerprint density at radius 2 is 1.61 bits per heavy atom. The summed E-state index contributed by atoms with van der Waals surface area (Å²) in [6.07, 6.45) is 0. The molecule has 1 heterocycles. The Balaban J connectivity index is 1.61. The molecule has 0 aliphatic carbocycles. The van der Waals surface area contributed by atoms with Gasteiger partial charge < -0.3 is 10.2 Å². The Hall–Kier alpha value is -3.45. The molecular weight excluding hydrogens is 390 g/mol. The first-order valence-corrected chi connectivity index (χ1v) is 10.2. The molecule has 162 valence electrons. The molecule has 2 aromatic carbocycles.